The van der Waals surface area contributed by atoms with Gasteiger partial charge in [0.25, 0.3) is 5.91 Å². The molecule has 1 amide bonds. The number of aromatic nitrogens is 5. The Bertz CT molecular complexity index is 1470. The first-order valence-electron chi connectivity index (χ1n) is 10.2. The van der Waals surface area contributed by atoms with Gasteiger partial charge in [0.15, 0.2) is 11.5 Å². The van der Waals surface area contributed by atoms with Gasteiger partial charge in [0.1, 0.15) is 17.3 Å². The normalized spacial score (nSPS) is 11.1. The molecular formula is C24H18F2N6O. The number of fused-ring (bicyclic) bond motifs is 1. The Morgan fingerprint density at radius 3 is 2.67 bits per heavy atom. The van der Waals surface area contributed by atoms with Gasteiger partial charge in [0.05, 0.1) is 23.6 Å². The maximum Gasteiger partial charge on any atom is 0.272 e. The Kier molecular flexibility index (Phi) is 5.14. The average molecular weight is 444 g/mol. The molecular weight excluding hydrogens is 426 g/mol. The molecule has 0 fully saturated rings. The number of benzene rings is 2. The van der Waals surface area contributed by atoms with E-state index in [0.717, 1.165) is 23.4 Å². The predicted octanol–water partition coefficient (Wildman–Crippen LogP) is 4.10. The van der Waals surface area contributed by atoms with Gasteiger partial charge in [-0.2, -0.15) is 5.10 Å². The summed E-state index contributed by atoms with van der Waals surface area (Å²) in [5.74, 6) is -1.40. The number of aryl methyl sites for hydroxylation is 1. The molecule has 164 valence electrons. The van der Waals surface area contributed by atoms with Crippen molar-refractivity contribution in [2.45, 2.75) is 13.5 Å². The maximum atomic E-state index is 13.9. The van der Waals surface area contributed by atoms with E-state index in [4.69, 9.17) is 0 Å². The van der Waals surface area contributed by atoms with Gasteiger partial charge in [-0.3, -0.25) is 14.2 Å². The average Bonchev–Trinajstić information content (AvgIpc) is 3.44. The molecule has 0 bridgehead atoms. The van der Waals surface area contributed by atoms with E-state index in [-0.39, 0.29) is 17.8 Å². The van der Waals surface area contributed by atoms with Gasteiger partial charge >= 0.3 is 0 Å². The van der Waals surface area contributed by atoms with Crippen LogP contribution < -0.4 is 5.32 Å². The third-order valence-electron chi connectivity index (χ3n) is 5.27. The fraction of sp³-hybridized carbons (Fsp3) is 0.0833. The van der Waals surface area contributed by atoms with Crippen LogP contribution in [0.3, 0.4) is 0 Å². The summed E-state index contributed by atoms with van der Waals surface area (Å²) in [4.78, 5) is 21.7. The van der Waals surface area contributed by atoms with Crippen molar-refractivity contribution >= 4 is 11.4 Å². The second-order valence-corrected chi connectivity index (χ2v) is 7.50. The zero-order chi connectivity index (χ0) is 22.9. The Balaban J connectivity index is 1.51. The van der Waals surface area contributed by atoms with Gasteiger partial charge in [-0.25, -0.2) is 18.4 Å². The van der Waals surface area contributed by atoms with E-state index < -0.39 is 17.5 Å². The summed E-state index contributed by atoms with van der Waals surface area (Å²) in [6.07, 6.45) is 6.51. The molecule has 0 saturated heterocycles. The third kappa shape index (κ3) is 3.84. The first-order chi connectivity index (χ1) is 16.0. The van der Waals surface area contributed by atoms with E-state index in [9.17, 15) is 13.6 Å². The van der Waals surface area contributed by atoms with Crippen LogP contribution in [-0.2, 0) is 6.54 Å². The largest absolute Gasteiger partial charge is 0.346 e. The van der Waals surface area contributed by atoms with Crippen molar-refractivity contribution in [1.29, 1.82) is 0 Å². The lowest BCUT2D eigenvalue weighted by molar-refractivity contribution is 0.0948. The van der Waals surface area contributed by atoms with E-state index in [1.54, 1.807) is 27.7 Å². The third-order valence-corrected chi connectivity index (χ3v) is 5.27. The molecule has 0 spiro atoms. The molecule has 0 aliphatic rings. The lowest BCUT2D eigenvalue weighted by Crippen LogP contribution is -2.24. The second-order valence-electron chi connectivity index (χ2n) is 7.50. The zero-order valence-electron chi connectivity index (χ0n) is 17.5. The molecule has 5 aromatic rings. The summed E-state index contributed by atoms with van der Waals surface area (Å²) < 4.78 is 30.6. The maximum absolute atomic E-state index is 13.9. The van der Waals surface area contributed by atoms with Gasteiger partial charge in [-0.05, 0) is 31.2 Å². The number of nitrogens with zero attached hydrogens (tertiary/aromatic N) is 5. The molecule has 7 nitrogen and oxygen atoms in total. The van der Waals surface area contributed by atoms with Crippen molar-refractivity contribution < 1.29 is 13.6 Å². The molecule has 0 unspecified atom stereocenters. The van der Waals surface area contributed by atoms with E-state index in [1.165, 1.54) is 12.3 Å². The minimum absolute atomic E-state index is 0.110. The van der Waals surface area contributed by atoms with Crippen molar-refractivity contribution in [3.8, 4) is 17.2 Å². The van der Waals surface area contributed by atoms with Crippen LogP contribution in [0, 0.1) is 18.6 Å². The van der Waals surface area contributed by atoms with E-state index >= 15 is 0 Å². The Morgan fingerprint density at radius 2 is 1.88 bits per heavy atom. The highest BCUT2D eigenvalue weighted by molar-refractivity contribution is 5.99. The number of rotatable bonds is 5. The van der Waals surface area contributed by atoms with Crippen LogP contribution in [0.25, 0.3) is 22.7 Å². The van der Waals surface area contributed by atoms with Gasteiger partial charge < -0.3 is 5.32 Å². The highest BCUT2D eigenvalue weighted by atomic mass is 19.1. The summed E-state index contributed by atoms with van der Waals surface area (Å²) in [5, 5.41) is 7.07. The molecule has 3 aromatic heterocycles. The summed E-state index contributed by atoms with van der Waals surface area (Å²) in [5.41, 5.74) is 3.46. The molecule has 1 N–H and O–H groups in total. The summed E-state index contributed by atoms with van der Waals surface area (Å²) in [6, 6.07) is 12.9. The van der Waals surface area contributed by atoms with Crippen LogP contribution in [0.1, 0.15) is 21.6 Å². The van der Waals surface area contributed by atoms with Crippen LogP contribution >= 0.6 is 0 Å². The number of carbonyl (C=O) groups excluding carboxylic acids is 1. The van der Waals surface area contributed by atoms with Crippen molar-refractivity contribution in [1.82, 2.24) is 29.5 Å². The monoisotopic (exact) mass is 444 g/mol. The van der Waals surface area contributed by atoms with Crippen molar-refractivity contribution in [2.75, 3.05) is 0 Å². The number of nitrogens with one attached hydrogen (secondary N) is 1. The smallest absolute Gasteiger partial charge is 0.272 e. The summed E-state index contributed by atoms with van der Waals surface area (Å²) >= 11 is 0. The molecule has 2 aromatic carbocycles. The topological polar surface area (TPSA) is 77.1 Å². The molecule has 0 aliphatic carbocycles. The second kappa shape index (κ2) is 8.27. The number of imidazole rings is 1. The van der Waals surface area contributed by atoms with Crippen molar-refractivity contribution in [3.05, 3.63) is 102 Å². The fourth-order valence-corrected chi connectivity index (χ4v) is 3.57. The van der Waals surface area contributed by atoms with Crippen LogP contribution in [0.5, 0.6) is 0 Å². The molecule has 0 radical (unpaired) electrons. The molecule has 0 atom stereocenters. The molecule has 5 rings (SSSR count). The minimum Gasteiger partial charge on any atom is -0.346 e. The highest BCUT2D eigenvalue weighted by Gasteiger charge is 2.21. The molecule has 9 heteroatoms. The highest BCUT2D eigenvalue weighted by Crippen LogP contribution is 2.25. The lowest BCUT2D eigenvalue weighted by Gasteiger charge is -2.07. The summed E-state index contributed by atoms with van der Waals surface area (Å²) in [7, 11) is 0. The Labute approximate surface area is 187 Å². The first-order valence-corrected chi connectivity index (χ1v) is 10.2. The fourth-order valence-electron chi connectivity index (χ4n) is 3.57. The number of hydrogen-bond acceptors (Lipinski definition) is 4. The van der Waals surface area contributed by atoms with E-state index in [1.807, 2.05) is 37.3 Å². The molecule has 3 heterocycles. The van der Waals surface area contributed by atoms with Crippen LogP contribution in [0.15, 0.2) is 73.3 Å². The number of hydrogen-bond donors (Lipinski definition) is 1. The number of amides is 1. The van der Waals surface area contributed by atoms with Crippen molar-refractivity contribution in [2.24, 2.45) is 0 Å². The Morgan fingerprint density at radius 1 is 1.06 bits per heavy atom. The minimum atomic E-state index is -0.727. The van der Waals surface area contributed by atoms with E-state index in [0.29, 0.717) is 17.0 Å². The number of carbonyl (C=O) groups is 1. The standard InChI is InChI=1S/C24H18F2N6O/c1-15-2-6-18(7-3-15)32-20(8-9-29-32)23-30-22(21-14-27-10-11-31(21)23)24(33)28-13-16-4-5-17(25)12-19(16)26/h2-12,14H,13H2,1H3,(H,28,33). The predicted molar refractivity (Wildman–Crippen MR) is 118 cm³/mol. The van der Waals surface area contributed by atoms with Gasteiger partial charge in [0, 0.05) is 30.6 Å². The Hall–Kier alpha value is -4.40. The molecule has 0 aliphatic heterocycles. The van der Waals surface area contributed by atoms with Crippen LogP contribution in [0.2, 0.25) is 0 Å². The molecule has 0 saturated carbocycles. The van der Waals surface area contributed by atoms with Crippen LogP contribution in [-0.4, -0.2) is 30.1 Å². The summed E-state index contributed by atoms with van der Waals surface area (Å²) in [6.45, 7) is 1.90. The first kappa shape index (κ1) is 20.5. The van der Waals surface area contributed by atoms with E-state index in [2.05, 4.69) is 20.4 Å². The molecule has 33 heavy (non-hydrogen) atoms. The quantitative estimate of drug-likeness (QED) is 0.443. The van der Waals surface area contributed by atoms with Crippen molar-refractivity contribution in [3.63, 3.8) is 0 Å². The number of halogens is 2. The van der Waals surface area contributed by atoms with Gasteiger partial charge in [-0.15, -0.1) is 0 Å². The van der Waals surface area contributed by atoms with Crippen LogP contribution in [0.4, 0.5) is 8.78 Å². The zero-order valence-corrected chi connectivity index (χ0v) is 17.5. The SMILES string of the molecule is Cc1ccc(-n2nccc2-c2nc(C(=O)NCc3ccc(F)cc3F)c3cnccn23)cc1. The van der Waals surface area contributed by atoms with Gasteiger partial charge in [0.2, 0.25) is 0 Å². The van der Waals surface area contributed by atoms with Gasteiger partial charge in [-0.1, -0.05) is 23.8 Å². The lowest BCUT2D eigenvalue weighted by atomic mass is 10.2.